The Morgan fingerprint density at radius 3 is 2.63 bits per heavy atom. The van der Waals surface area contributed by atoms with Crippen LogP contribution in [0.4, 0.5) is 4.39 Å². The summed E-state index contributed by atoms with van der Waals surface area (Å²) in [7, 11) is 0. The summed E-state index contributed by atoms with van der Waals surface area (Å²) in [6, 6.07) is 5.42. The molecule has 106 valence electrons. The summed E-state index contributed by atoms with van der Waals surface area (Å²) in [6.45, 7) is 6.26. The van der Waals surface area contributed by atoms with Gasteiger partial charge in [0.1, 0.15) is 5.82 Å². The van der Waals surface area contributed by atoms with Crippen molar-refractivity contribution in [3.63, 3.8) is 0 Å². The highest BCUT2D eigenvalue weighted by Gasteiger charge is 2.40. The van der Waals surface area contributed by atoms with Crippen LogP contribution in [0.25, 0.3) is 0 Å². The standard InChI is InChI=1S/C16H22BrFO/c1-10-7-8-11(14(19)9-10)16(2,3)12-5-4-6-13(17)15(12)18/h4-6,10-11,14,19H,7-9H2,1-3H3. The Kier molecular flexibility index (Phi) is 4.36. The van der Waals surface area contributed by atoms with Gasteiger partial charge in [-0.3, -0.25) is 0 Å². The van der Waals surface area contributed by atoms with Gasteiger partial charge >= 0.3 is 0 Å². The minimum atomic E-state index is -0.354. The van der Waals surface area contributed by atoms with Crippen molar-refractivity contribution >= 4 is 15.9 Å². The number of rotatable bonds is 2. The number of hydrogen-bond acceptors (Lipinski definition) is 1. The van der Waals surface area contributed by atoms with Crippen LogP contribution in [0, 0.1) is 17.7 Å². The van der Waals surface area contributed by atoms with Crippen LogP contribution in [0.1, 0.15) is 45.6 Å². The van der Waals surface area contributed by atoms with Crippen LogP contribution in [0.5, 0.6) is 0 Å². The van der Waals surface area contributed by atoms with Crippen LogP contribution >= 0.6 is 15.9 Å². The number of aliphatic hydroxyl groups excluding tert-OH is 1. The van der Waals surface area contributed by atoms with E-state index in [2.05, 4.69) is 22.9 Å². The van der Waals surface area contributed by atoms with Gasteiger partial charge in [0.25, 0.3) is 0 Å². The Labute approximate surface area is 123 Å². The van der Waals surface area contributed by atoms with E-state index in [0.29, 0.717) is 16.0 Å². The molecule has 0 radical (unpaired) electrons. The second-order valence-corrected chi connectivity index (χ2v) is 7.27. The minimum absolute atomic E-state index is 0.118. The minimum Gasteiger partial charge on any atom is -0.393 e. The van der Waals surface area contributed by atoms with Crippen LogP contribution < -0.4 is 0 Å². The summed E-state index contributed by atoms with van der Waals surface area (Å²) in [6.07, 6.45) is 2.56. The molecule has 2 rings (SSSR count). The smallest absolute Gasteiger partial charge is 0.141 e. The van der Waals surface area contributed by atoms with E-state index >= 15 is 0 Å². The molecule has 0 aliphatic heterocycles. The summed E-state index contributed by atoms with van der Waals surface area (Å²) in [4.78, 5) is 0. The maximum Gasteiger partial charge on any atom is 0.141 e. The molecule has 3 heteroatoms. The molecule has 1 aliphatic carbocycles. The molecule has 0 aromatic heterocycles. The quantitative estimate of drug-likeness (QED) is 0.836. The van der Waals surface area contributed by atoms with Crippen LogP contribution in [-0.4, -0.2) is 11.2 Å². The zero-order valence-corrected chi connectivity index (χ0v) is 13.4. The van der Waals surface area contributed by atoms with Crippen LogP contribution in [0.15, 0.2) is 22.7 Å². The first-order valence-corrected chi connectivity index (χ1v) is 7.76. The lowest BCUT2D eigenvalue weighted by atomic mass is 9.64. The fraction of sp³-hybridized carbons (Fsp3) is 0.625. The molecule has 1 fully saturated rings. The van der Waals surface area contributed by atoms with E-state index in [1.807, 2.05) is 26.0 Å². The molecule has 1 aromatic carbocycles. The fourth-order valence-corrected chi connectivity index (χ4v) is 3.76. The van der Waals surface area contributed by atoms with Gasteiger partial charge in [-0.2, -0.15) is 0 Å². The maximum atomic E-state index is 14.3. The Morgan fingerprint density at radius 1 is 1.32 bits per heavy atom. The zero-order chi connectivity index (χ0) is 14.2. The average molecular weight is 329 g/mol. The first-order valence-electron chi connectivity index (χ1n) is 6.96. The van der Waals surface area contributed by atoms with Crippen molar-refractivity contribution < 1.29 is 9.50 Å². The Bertz CT molecular complexity index is 458. The topological polar surface area (TPSA) is 20.2 Å². The predicted octanol–water partition coefficient (Wildman–Crippen LogP) is 4.66. The van der Waals surface area contributed by atoms with E-state index in [-0.39, 0.29) is 23.3 Å². The molecule has 0 saturated heterocycles. The fourth-order valence-electron chi connectivity index (χ4n) is 3.39. The van der Waals surface area contributed by atoms with Crippen molar-refractivity contribution in [1.29, 1.82) is 0 Å². The first kappa shape index (κ1) is 15.0. The average Bonchev–Trinajstić information content (AvgIpc) is 2.31. The first-order chi connectivity index (χ1) is 8.84. The van der Waals surface area contributed by atoms with Gasteiger partial charge in [-0.05, 0) is 57.7 Å². The lowest BCUT2D eigenvalue weighted by Crippen LogP contribution is -2.41. The van der Waals surface area contributed by atoms with E-state index < -0.39 is 0 Å². The van der Waals surface area contributed by atoms with Crippen LogP contribution in [-0.2, 0) is 5.41 Å². The second kappa shape index (κ2) is 5.53. The molecule has 0 bridgehead atoms. The third-order valence-electron chi connectivity index (χ3n) is 4.65. The van der Waals surface area contributed by atoms with E-state index in [1.165, 1.54) is 0 Å². The number of benzene rings is 1. The van der Waals surface area contributed by atoms with Gasteiger partial charge in [0.2, 0.25) is 0 Å². The summed E-state index contributed by atoms with van der Waals surface area (Å²) < 4.78 is 14.8. The lowest BCUT2D eigenvalue weighted by Gasteiger charge is -2.42. The van der Waals surface area contributed by atoms with E-state index in [9.17, 15) is 9.50 Å². The highest BCUT2D eigenvalue weighted by molar-refractivity contribution is 9.10. The second-order valence-electron chi connectivity index (χ2n) is 6.42. The SMILES string of the molecule is CC1CCC(C(C)(C)c2cccc(Br)c2F)C(O)C1. The van der Waals surface area contributed by atoms with Crippen molar-refractivity contribution in [3.05, 3.63) is 34.1 Å². The molecule has 3 unspecified atom stereocenters. The molecule has 0 amide bonds. The van der Waals surface area contributed by atoms with Gasteiger partial charge in [-0.25, -0.2) is 4.39 Å². The number of halogens is 2. The normalized spacial score (nSPS) is 28.4. The van der Waals surface area contributed by atoms with Gasteiger partial charge < -0.3 is 5.11 Å². The largest absolute Gasteiger partial charge is 0.393 e. The predicted molar refractivity (Wildman–Crippen MR) is 79.6 cm³/mol. The van der Waals surface area contributed by atoms with Gasteiger partial charge in [0.15, 0.2) is 0 Å². The van der Waals surface area contributed by atoms with Crippen molar-refractivity contribution in [2.24, 2.45) is 11.8 Å². The van der Waals surface area contributed by atoms with Crippen molar-refractivity contribution in [1.82, 2.24) is 0 Å². The number of aliphatic hydroxyl groups is 1. The van der Waals surface area contributed by atoms with Gasteiger partial charge in [-0.15, -0.1) is 0 Å². The molecule has 0 spiro atoms. The third-order valence-corrected chi connectivity index (χ3v) is 5.26. The zero-order valence-electron chi connectivity index (χ0n) is 11.8. The molecule has 19 heavy (non-hydrogen) atoms. The molecular formula is C16H22BrFO. The van der Waals surface area contributed by atoms with Gasteiger partial charge in [0, 0.05) is 0 Å². The Hall–Kier alpha value is -0.410. The van der Waals surface area contributed by atoms with Crippen molar-refractivity contribution in [3.8, 4) is 0 Å². The molecule has 1 nitrogen and oxygen atoms in total. The lowest BCUT2D eigenvalue weighted by molar-refractivity contribution is 0.0135. The monoisotopic (exact) mass is 328 g/mol. The highest BCUT2D eigenvalue weighted by Crippen LogP contribution is 2.43. The van der Waals surface area contributed by atoms with Crippen LogP contribution in [0.2, 0.25) is 0 Å². The van der Waals surface area contributed by atoms with Crippen molar-refractivity contribution in [2.75, 3.05) is 0 Å². The summed E-state index contributed by atoms with van der Waals surface area (Å²) >= 11 is 3.25. The third kappa shape index (κ3) is 2.87. The number of hydrogen-bond donors (Lipinski definition) is 1. The van der Waals surface area contributed by atoms with Gasteiger partial charge in [0.05, 0.1) is 10.6 Å². The molecule has 1 N–H and O–H groups in total. The molecular weight excluding hydrogens is 307 g/mol. The molecule has 3 atom stereocenters. The molecule has 0 heterocycles. The van der Waals surface area contributed by atoms with E-state index in [1.54, 1.807) is 6.07 Å². The molecule has 1 aliphatic rings. The Morgan fingerprint density at radius 2 is 2.00 bits per heavy atom. The van der Waals surface area contributed by atoms with Crippen LogP contribution in [0.3, 0.4) is 0 Å². The Balaban J connectivity index is 2.33. The summed E-state index contributed by atoms with van der Waals surface area (Å²) in [5, 5.41) is 10.4. The molecule has 1 saturated carbocycles. The summed E-state index contributed by atoms with van der Waals surface area (Å²) in [5.41, 5.74) is 0.341. The highest BCUT2D eigenvalue weighted by atomic mass is 79.9. The van der Waals surface area contributed by atoms with Gasteiger partial charge in [-0.1, -0.05) is 39.3 Å². The summed E-state index contributed by atoms with van der Waals surface area (Å²) in [5.74, 6) is 0.486. The van der Waals surface area contributed by atoms with E-state index in [0.717, 1.165) is 19.3 Å². The molecule has 1 aromatic rings. The van der Waals surface area contributed by atoms with Crippen molar-refractivity contribution in [2.45, 2.75) is 51.6 Å². The van der Waals surface area contributed by atoms with E-state index in [4.69, 9.17) is 0 Å². The maximum absolute atomic E-state index is 14.3.